The molecule has 0 radical (unpaired) electrons. The van der Waals surface area contributed by atoms with E-state index in [2.05, 4.69) is 11.9 Å². The number of aliphatic hydroxyl groups is 1. The van der Waals surface area contributed by atoms with Gasteiger partial charge >= 0.3 is 0 Å². The standard InChI is InChI=1S/C33H67NO/c1-2-3-4-5-6-7-8-9-10-11-12-13-14-15-16-17-18-19-20-21-22-23-24-25-26-27-28-29-31-34-32-30-33-35/h32,35H,2-31,33H2,1H3. The summed E-state index contributed by atoms with van der Waals surface area (Å²) in [7, 11) is 0. The molecule has 0 aliphatic rings. The molecule has 0 aromatic heterocycles. The lowest BCUT2D eigenvalue weighted by molar-refractivity contribution is 0.308. The fourth-order valence-electron chi connectivity index (χ4n) is 5.11. The van der Waals surface area contributed by atoms with E-state index in [0.29, 0.717) is 6.42 Å². The SMILES string of the molecule is CCCCCCCCCCCCCCCCCCCCCCCCCCCCCCN=CCCO. The highest BCUT2D eigenvalue weighted by atomic mass is 16.2. The van der Waals surface area contributed by atoms with E-state index in [-0.39, 0.29) is 6.61 Å². The summed E-state index contributed by atoms with van der Waals surface area (Å²) in [5.41, 5.74) is 0. The van der Waals surface area contributed by atoms with Crippen molar-refractivity contribution in [2.45, 2.75) is 193 Å². The van der Waals surface area contributed by atoms with E-state index in [1.165, 1.54) is 180 Å². The van der Waals surface area contributed by atoms with Gasteiger partial charge in [-0.15, -0.1) is 0 Å². The van der Waals surface area contributed by atoms with Crippen LogP contribution in [0.4, 0.5) is 0 Å². The molecule has 0 fully saturated rings. The fourth-order valence-corrected chi connectivity index (χ4v) is 5.11. The highest BCUT2D eigenvalue weighted by Gasteiger charge is 1.96. The topological polar surface area (TPSA) is 32.6 Å². The largest absolute Gasteiger partial charge is 0.396 e. The van der Waals surface area contributed by atoms with Gasteiger partial charge in [-0.05, 0) is 6.42 Å². The molecular weight excluding hydrogens is 426 g/mol. The first-order chi connectivity index (χ1) is 17.4. The van der Waals surface area contributed by atoms with Crippen LogP contribution in [0.2, 0.25) is 0 Å². The van der Waals surface area contributed by atoms with Crippen LogP contribution in [0.3, 0.4) is 0 Å². The minimum absolute atomic E-state index is 0.225. The summed E-state index contributed by atoms with van der Waals surface area (Å²) in [6.07, 6.45) is 43.0. The van der Waals surface area contributed by atoms with Gasteiger partial charge in [-0.1, -0.05) is 180 Å². The fraction of sp³-hybridized carbons (Fsp3) is 0.970. The Hall–Kier alpha value is -0.370. The summed E-state index contributed by atoms with van der Waals surface area (Å²) in [5, 5.41) is 8.68. The summed E-state index contributed by atoms with van der Waals surface area (Å²) in [6.45, 7) is 3.47. The van der Waals surface area contributed by atoms with Crippen LogP contribution in [0.15, 0.2) is 4.99 Å². The van der Waals surface area contributed by atoms with Crippen LogP contribution in [-0.2, 0) is 0 Å². The summed E-state index contributed by atoms with van der Waals surface area (Å²) >= 11 is 0. The number of hydrogen-bond acceptors (Lipinski definition) is 2. The molecule has 0 saturated heterocycles. The lowest BCUT2D eigenvalue weighted by atomic mass is 10.0. The highest BCUT2D eigenvalue weighted by molar-refractivity contribution is 5.57. The van der Waals surface area contributed by atoms with E-state index in [4.69, 9.17) is 5.11 Å². The molecule has 0 unspecified atom stereocenters. The van der Waals surface area contributed by atoms with Crippen LogP contribution in [0.25, 0.3) is 0 Å². The number of rotatable bonds is 31. The second kappa shape index (κ2) is 33.6. The maximum Gasteiger partial charge on any atom is 0.0480 e. The molecule has 0 rings (SSSR count). The Morgan fingerprint density at radius 1 is 0.400 bits per heavy atom. The third kappa shape index (κ3) is 33.6. The van der Waals surface area contributed by atoms with Crippen molar-refractivity contribution in [2.24, 2.45) is 4.99 Å². The van der Waals surface area contributed by atoms with E-state index in [0.717, 1.165) is 6.54 Å². The zero-order valence-corrected chi connectivity index (χ0v) is 24.4. The van der Waals surface area contributed by atoms with Gasteiger partial charge in [-0.25, -0.2) is 0 Å². The predicted molar refractivity (Wildman–Crippen MR) is 160 cm³/mol. The van der Waals surface area contributed by atoms with Crippen LogP contribution in [0.1, 0.15) is 193 Å². The average molecular weight is 494 g/mol. The normalized spacial score (nSPS) is 11.7. The van der Waals surface area contributed by atoms with Crippen molar-refractivity contribution in [3.63, 3.8) is 0 Å². The molecule has 2 nitrogen and oxygen atoms in total. The van der Waals surface area contributed by atoms with Gasteiger partial charge in [0.2, 0.25) is 0 Å². The number of nitrogens with zero attached hydrogens (tertiary/aromatic N) is 1. The monoisotopic (exact) mass is 494 g/mol. The molecule has 0 bridgehead atoms. The van der Waals surface area contributed by atoms with Gasteiger partial charge in [0.15, 0.2) is 0 Å². The summed E-state index contributed by atoms with van der Waals surface area (Å²) in [6, 6.07) is 0. The molecule has 1 N–H and O–H groups in total. The first-order valence-electron chi connectivity index (χ1n) is 16.5. The number of aliphatic imine (C=N–C) groups is 1. The zero-order valence-electron chi connectivity index (χ0n) is 24.4. The molecule has 0 spiro atoms. The van der Waals surface area contributed by atoms with Gasteiger partial charge in [0.25, 0.3) is 0 Å². The van der Waals surface area contributed by atoms with Gasteiger partial charge in [0.1, 0.15) is 0 Å². The average Bonchev–Trinajstić information content (AvgIpc) is 2.87. The quantitative estimate of drug-likeness (QED) is 0.0755. The van der Waals surface area contributed by atoms with Crippen molar-refractivity contribution in [3.05, 3.63) is 0 Å². The molecule has 0 aliphatic carbocycles. The smallest absolute Gasteiger partial charge is 0.0480 e. The minimum atomic E-state index is 0.225. The molecule has 0 aromatic rings. The van der Waals surface area contributed by atoms with Gasteiger partial charge in [-0.3, -0.25) is 4.99 Å². The van der Waals surface area contributed by atoms with Crippen LogP contribution in [0, 0.1) is 0 Å². The molecule has 0 aromatic carbocycles. The van der Waals surface area contributed by atoms with Crippen molar-refractivity contribution >= 4 is 6.21 Å². The van der Waals surface area contributed by atoms with Crippen molar-refractivity contribution in [3.8, 4) is 0 Å². The van der Waals surface area contributed by atoms with Gasteiger partial charge < -0.3 is 5.11 Å². The van der Waals surface area contributed by atoms with E-state index in [9.17, 15) is 0 Å². The number of unbranched alkanes of at least 4 members (excludes halogenated alkanes) is 27. The molecule has 0 atom stereocenters. The van der Waals surface area contributed by atoms with Crippen molar-refractivity contribution in [1.29, 1.82) is 0 Å². The van der Waals surface area contributed by atoms with E-state index in [1.807, 2.05) is 6.21 Å². The minimum Gasteiger partial charge on any atom is -0.396 e. The summed E-state index contributed by atoms with van der Waals surface area (Å²) in [5.74, 6) is 0. The highest BCUT2D eigenvalue weighted by Crippen LogP contribution is 2.16. The molecule has 35 heavy (non-hydrogen) atoms. The van der Waals surface area contributed by atoms with Crippen molar-refractivity contribution < 1.29 is 5.11 Å². The van der Waals surface area contributed by atoms with E-state index >= 15 is 0 Å². The second-order valence-electron chi connectivity index (χ2n) is 11.1. The third-order valence-corrected chi connectivity index (χ3v) is 7.53. The summed E-state index contributed by atoms with van der Waals surface area (Å²) < 4.78 is 0. The maximum atomic E-state index is 8.68. The van der Waals surface area contributed by atoms with E-state index in [1.54, 1.807) is 0 Å². The third-order valence-electron chi connectivity index (χ3n) is 7.53. The predicted octanol–water partition coefficient (Wildman–Crippen LogP) is 11.4. The Morgan fingerprint density at radius 3 is 0.914 bits per heavy atom. The van der Waals surface area contributed by atoms with E-state index < -0.39 is 0 Å². The lowest BCUT2D eigenvalue weighted by Crippen LogP contribution is -1.87. The van der Waals surface area contributed by atoms with Gasteiger partial charge in [0.05, 0.1) is 0 Å². The van der Waals surface area contributed by atoms with Crippen LogP contribution < -0.4 is 0 Å². The number of hydrogen-bond donors (Lipinski definition) is 1. The van der Waals surface area contributed by atoms with Crippen LogP contribution in [-0.4, -0.2) is 24.5 Å². The molecule has 0 amide bonds. The Kier molecular flexibility index (Phi) is 33.3. The Balaban J connectivity index is 3.02. The number of aliphatic hydroxyl groups excluding tert-OH is 1. The van der Waals surface area contributed by atoms with Crippen molar-refractivity contribution in [2.75, 3.05) is 13.2 Å². The van der Waals surface area contributed by atoms with Gasteiger partial charge in [-0.2, -0.15) is 0 Å². The molecule has 0 aliphatic heterocycles. The van der Waals surface area contributed by atoms with Crippen LogP contribution in [0.5, 0.6) is 0 Å². The zero-order chi connectivity index (χ0) is 25.3. The van der Waals surface area contributed by atoms with Crippen LogP contribution >= 0.6 is 0 Å². The Morgan fingerprint density at radius 2 is 0.657 bits per heavy atom. The molecule has 210 valence electrons. The van der Waals surface area contributed by atoms with Gasteiger partial charge in [0, 0.05) is 25.8 Å². The Bertz CT molecular complexity index is 381. The molecule has 0 heterocycles. The molecular formula is C33H67NO. The second-order valence-corrected chi connectivity index (χ2v) is 11.1. The first-order valence-corrected chi connectivity index (χ1v) is 16.5. The summed E-state index contributed by atoms with van der Waals surface area (Å²) in [4.78, 5) is 4.31. The van der Waals surface area contributed by atoms with Crippen molar-refractivity contribution in [1.82, 2.24) is 0 Å². The Labute approximate surface area is 222 Å². The molecule has 0 saturated carbocycles. The maximum absolute atomic E-state index is 8.68. The lowest BCUT2D eigenvalue weighted by Gasteiger charge is -2.04. The first kappa shape index (κ1) is 34.6. The molecule has 2 heteroatoms.